The summed E-state index contributed by atoms with van der Waals surface area (Å²) in [5, 5.41) is 2.59. The Balaban J connectivity index is 2.43. The second-order valence-corrected chi connectivity index (χ2v) is 5.36. The van der Waals surface area contributed by atoms with Gasteiger partial charge in [0.15, 0.2) is 0 Å². The highest BCUT2D eigenvalue weighted by molar-refractivity contribution is 5.83. The smallest absolute Gasteiger partial charge is 0.211 e. The summed E-state index contributed by atoms with van der Waals surface area (Å²) in [4.78, 5) is 14.8. The fraction of sp³-hybridized carbons (Fsp3) is 0.158. The third-order valence-corrected chi connectivity index (χ3v) is 3.52. The van der Waals surface area contributed by atoms with Crippen LogP contribution in [-0.4, -0.2) is 11.4 Å². The quantitative estimate of drug-likeness (QED) is 0.636. The van der Waals surface area contributed by atoms with Gasteiger partial charge in [-0.25, -0.2) is 4.98 Å². The molecule has 0 fully saturated rings. The van der Waals surface area contributed by atoms with Crippen LogP contribution < -0.4 is 11.1 Å². The van der Waals surface area contributed by atoms with Gasteiger partial charge >= 0.3 is 0 Å². The van der Waals surface area contributed by atoms with Gasteiger partial charge in [-0.2, -0.15) is 0 Å². The van der Waals surface area contributed by atoms with Crippen molar-refractivity contribution in [1.82, 2.24) is 10.3 Å². The molecule has 118 valence electrons. The average molecular weight is 307 g/mol. The number of anilines is 1. The van der Waals surface area contributed by atoms with Gasteiger partial charge in [-0.3, -0.25) is 4.79 Å². The summed E-state index contributed by atoms with van der Waals surface area (Å²) in [7, 11) is 0. The molecule has 4 heteroatoms. The van der Waals surface area contributed by atoms with Crippen LogP contribution in [0.25, 0.3) is 5.57 Å². The van der Waals surface area contributed by atoms with E-state index in [2.05, 4.69) is 28.5 Å². The third-order valence-electron chi connectivity index (χ3n) is 3.52. The van der Waals surface area contributed by atoms with E-state index in [9.17, 15) is 4.79 Å². The molecule has 0 saturated carbocycles. The van der Waals surface area contributed by atoms with E-state index in [0.717, 1.165) is 28.7 Å². The topological polar surface area (TPSA) is 68.0 Å². The number of nitrogens with two attached hydrogens (primary N) is 1. The van der Waals surface area contributed by atoms with E-state index in [1.54, 1.807) is 12.4 Å². The van der Waals surface area contributed by atoms with E-state index in [1.165, 1.54) is 5.56 Å². The molecule has 0 unspecified atom stereocenters. The second-order valence-electron chi connectivity index (χ2n) is 5.36. The number of hydrogen-bond acceptors (Lipinski definition) is 3. The van der Waals surface area contributed by atoms with Crippen molar-refractivity contribution in [3.8, 4) is 0 Å². The molecule has 3 N–H and O–H groups in total. The number of allylic oxidation sites excluding steroid dienone is 3. The van der Waals surface area contributed by atoms with Crippen LogP contribution in [0.1, 0.15) is 23.6 Å². The summed E-state index contributed by atoms with van der Waals surface area (Å²) >= 11 is 0. The molecular formula is C19H21N3O. The number of amides is 1. The molecule has 0 spiro atoms. The number of nitrogen functional groups attached to an aromatic ring is 1. The van der Waals surface area contributed by atoms with Crippen molar-refractivity contribution in [2.75, 3.05) is 5.73 Å². The van der Waals surface area contributed by atoms with Gasteiger partial charge in [0.05, 0.1) is 0 Å². The monoisotopic (exact) mass is 307 g/mol. The molecule has 23 heavy (non-hydrogen) atoms. The molecule has 1 amide bonds. The minimum atomic E-state index is 0.480. The standard InChI is InChI=1S/C19H21N3O/c1-14-10-18(19(20)22-11-14)17(15(2)12-21-13-23)9-8-16-6-4-3-5-7-16/h3-7,9-13H,8H2,1-2H3,(H2,20,22)(H,21,23)/b15-12-,17-9+. The van der Waals surface area contributed by atoms with Gasteiger partial charge in [-0.15, -0.1) is 0 Å². The Morgan fingerprint density at radius 2 is 2.04 bits per heavy atom. The molecule has 2 aromatic rings. The highest BCUT2D eigenvalue weighted by Crippen LogP contribution is 2.27. The summed E-state index contributed by atoms with van der Waals surface area (Å²) < 4.78 is 0. The molecule has 1 aromatic heterocycles. The van der Waals surface area contributed by atoms with E-state index in [1.807, 2.05) is 38.1 Å². The molecule has 0 aliphatic carbocycles. The number of nitrogens with zero attached hydrogens (tertiary/aromatic N) is 1. The first-order valence-corrected chi connectivity index (χ1v) is 7.45. The zero-order valence-corrected chi connectivity index (χ0v) is 13.4. The lowest BCUT2D eigenvalue weighted by Crippen LogP contribution is -2.04. The van der Waals surface area contributed by atoms with Gasteiger partial charge in [-0.05, 0) is 48.6 Å². The number of hydrogen-bond donors (Lipinski definition) is 2. The highest BCUT2D eigenvalue weighted by atomic mass is 16.1. The van der Waals surface area contributed by atoms with E-state index >= 15 is 0 Å². The van der Waals surface area contributed by atoms with Crippen LogP contribution in [0, 0.1) is 6.92 Å². The predicted octanol–water partition coefficient (Wildman–Crippen LogP) is 3.25. The Morgan fingerprint density at radius 3 is 2.74 bits per heavy atom. The molecule has 0 aliphatic rings. The van der Waals surface area contributed by atoms with Crippen molar-refractivity contribution in [3.63, 3.8) is 0 Å². The van der Waals surface area contributed by atoms with Crippen LogP contribution in [0.4, 0.5) is 5.82 Å². The van der Waals surface area contributed by atoms with Crippen molar-refractivity contribution in [2.45, 2.75) is 20.3 Å². The molecule has 0 aliphatic heterocycles. The van der Waals surface area contributed by atoms with Crippen LogP contribution in [0.5, 0.6) is 0 Å². The van der Waals surface area contributed by atoms with Crippen molar-refractivity contribution in [1.29, 1.82) is 0 Å². The number of carbonyl (C=O) groups is 1. The Bertz CT molecular complexity index is 734. The molecule has 1 heterocycles. The largest absolute Gasteiger partial charge is 0.383 e. The highest BCUT2D eigenvalue weighted by Gasteiger charge is 2.09. The van der Waals surface area contributed by atoms with Gasteiger partial charge in [0.2, 0.25) is 6.41 Å². The predicted molar refractivity (Wildman–Crippen MR) is 94.5 cm³/mol. The van der Waals surface area contributed by atoms with Crippen LogP contribution in [0.2, 0.25) is 0 Å². The molecule has 0 atom stereocenters. The fourth-order valence-corrected chi connectivity index (χ4v) is 2.35. The molecule has 2 rings (SSSR count). The van der Waals surface area contributed by atoms with Crippen LogP contribution >= 0.6 is 0 Å². The Labute approximate surface area is 136 Å². The number of aromatic nitrogens is 1. The fourth-order valence-electron chi connectivity index (χ4n) is 2.35. The maximum Gasteiger partial charge on any atom is 0.211 e. The number of benzene rings is 1. The van der Waals surface area contributed by atoms with Gasteiger partial charge in [0, 0.05) is 18.0 Å². The first kappa shape index (κ1) is 16.5. The van der Waals surface area contributed by atoms with E-state index in [4.69, 9.17) is 5.73 Å². The summed E-state index contributed by atoms with van der Waals surface area (Å²) in [6.45, 7) is 3.92. The molecular weight excluding hydrogens is 286 g/mol. The van der Waals surface area contributed by atoms with Crippen LogP contribution in [0.15, 0.2) is 60.4 Å². The first-order valence-electron chi connectivity index (χ1n) is 7.45. The lowest BCUT2D eigenvalue weighted by molar-refractivity contribution is -0.108. The zero-order chi connectivity index (χ0) is 16.7. The zero-order valence-electron chi connectivity index (χ0n) is 13.4. The van der Waals surface area contributed by atoms with Gasteiger partial charge in [0.25, 0.3) is 0 Å². The number of pyridine rings is 1. The summed E-state index contributed by atoms with van der Waals surface area (Å²) in [6.07, 6.45) is 6.95. The number of carbonyl (C=O) groups excluding carboxylic acids is 1. The normalized spacial score (nSPS) is 12.1. The molecule has 0 bridgehead atoms. The molecule has 0 radical (unpaired) electrons. The molecule has 0 saturated heterocycles. The van der Waals surface area contributed by atoms with Crippen molar-refractivity contribution in [3.05, 3.63) is 77.1 Å². The lowest BCUT2D eigenvalue weighted by Gasteiger charge is -2.12. The number of aryl methyl sites for hydroxylation is 1. The van der Waals surface area contributed by atoms with Gasteiger partial charge < -0.3 is 11.1 Å². The van der Waals surface area contributed by atoms with Crippen molar-refractivity contribution < 1.29 is 4.79 Å². The van der Waals surface area contributed by atoms with Gasteiger partial charge in [0.1, 0.15) is 5.82 Å². The Kier molecular flexibility index (Phi) is 5.69. The van der Waals surface area contributed by atoms with Crippen molar-refractivity contribution >= 4 is 17.8 Å². The summed E-state index contributed by atoms with van der Waals surface area (Å²) in [6, 6.07) is 12.2. The second kappa shape index (κ2) is 7.94. The van der Waals surface area contributed by atoms with Gasteiger partial charge in [-0.1, -0.05) is 36.4 Å². The molecule has 1 aromatic carbocycles. The van der Waals surface area contributed by atoms with E-state index in [0.29, 0.717) is 12.2 Å². The average Bonchev–Trinajstić information content (AvgIpc) is 2.57. The van der Waals surface area contributed by atoms with Crippen LogP contribution in [-0.2, 0) is 11.2 Å². The SMILES string of the molecule is CC(=C/NC=O)/C(=C\Cc1ccccc1)c1cc(C)cnc1N. The Hall–Kier alpha value is -2.88. The summed E-state index contributed by atoms with van der Waals surface area (Å²) in [5.74, 6) is 0.480. The number of rotatable bonds is 6. The Morgan fingerprint density at radius 1 is 1.30 bits per heavy atom. The maximum absolute atomic E-state index is 10.6. The third kappa shape index (κ3) is 4.54. The summed E-state index contributed by atoms with van der Waals surface area (Å²) in [5.41, 5.74) is 11.1. The first-order chi connectivity index (χ1) is 11.1. The van der Waals surface area contributed by atoms with Crippen molar-refractivity contribution in [2.24, 2.45) is 0 Å². The van der Waals surface area contributed by atoms with Crippen LogP contribution in [0.3, 0.4) is 0 Å². The molecule has 4 nitrogen and oxygen atoms in total. The lowest BCUT2D eigenvalue weighted by atomic mass is 9.96. The van der Waals surface area contributed by atoms with E-state index < -0.39 is 0 Å². The minimum absolute atomic E-state index is 0.480. The van der Waals surface area contributed by atoms with E-state index in [-0.39, 0.29) is 0 Å². The maximum atomic E-state index is 10.6. The number of nitrogens with one attached hydrogen (secondary N) is 1. The minimum Gasteiger partial charge on any atom is -0.383 e.